The van der Waals surface area contributed by atoms with E-state index in [1.165, 1.54) is 11.0 Å². The number of rotatable bonds is 6. The molecule has 1 rings (SSSR count). The fourth-order valence-electron chi connectivity index (χ4n) is 1.82. The molecule has 1 atom stereocenters. The molecule has 1 aromatic carbocycles. The Bertz CT molecular complexity index is 395. The predicted molar refractivity (Wildman–Crippen MR) is 70.4 cm³/mol. The van der Waals surface area contributed by atoms with Gasteiger partial charge in [0.05, 0.1) is 0 Å². The fraction of sp³-hybridized carbons (Fsp3) is 0.500. The Labute approximate surface area is 108 Å². The molecule has 1 aromatic rings. The summed E-state index contributed by atoms with van der Waals surface area (Å²) in [5, 5.41) is 0. The molecule has 18 heavy (non-hydrogen) atoms. The lowest BCUT2D eigenvalue weighted by Crippen LogP contribution is -2.33. The summed E-state index contributed by atoms with van der Waals surface area (Å²) in [6.07, 6.45) is 2.11. The van der Waals surface area contributed by atoms with E-state index >= 15 is 0 Å². The average molecular weight is 252 g/mol. The van der Waals surface area contributed by atoms with Crippen molar-refractivity contribution in [2.75, 3.05) is 7.05 Å². The standard InChI is InChI=1S/C14H21FN2O/c1-3-6-12(16)9-14(18)17(2)10-11-7-4-5-8-13(11)15/h4-5,7-8,12H,3,6,9-10,16H2,1-2H3. The first kappa shape index (κ1) is 14.6. The summed E-state index contributed by atoms with van der Waals surface area (Å²) in [6.45, 7) is 2.32. The Morgan fingerprint density at radius 3 is 2.72 bits per heavy atom. The van der Waals surface area contributed by atoms with E-state index in [-0.39, 0.29) is 24.3 Å². The topological polar surface area (TPSA) is 46.3 Å². The largest absolute Gasteiger partial charge is 0.341 e. The first-order valence-electron chi connectivity index (χ1n) is 6.27. The van der Waals surface area contributed by atoms with Gasteiger partial charge < -0.3 is 10.6 Å². The normalized spacial score (nSPS) is 12.2. The summed E-state index contributed by atoms with van der Waals surface area (Å²) in [7, 11) is 1.67. The van der Waals surface area contributed by atoms with Crippen LogP contribution in [0.25, 0.3) is 0 Å². The third-order valence-electron chi connectivity index (χ3n) is 2.89. The van der Waals surface area contributed by atoms with Crippen LogP contribution in [0.4, 0.5) is 4.39 Å². The zero-order chi connectivity index (χ0) is 13.5. The van der Waals surface area contributed by atoms with Crippen molar-refractivity contribution in [2.45, 2.75) is 38.8 Å². The second kappa shape index (κ2) is 7.11. The summed E-state index contributed by atoms with van der Waals surface area (Å²) in [6, 6.07) is 6.38. The summed E-state index contributed by atoms with van der Waals surface area (Å²) < 4.78 is 13.4. The van der Waals surface area contributed by atoms with Gasteiger partial charge in [0.25, 0.3) is 0 Å². The molecule has 2 N–H and O–H groups in total. The van der Waals surface area contributed by atoms with Gasteiger partial charge in [0, 0.05) is 31.6 Å². The Balaban J connectivity index is 2.52. The Morgan fingerprint density at radius 2 is 2.11 bits per heavy atom. The third-order valence-corrected chi connectivity index (χ3v) is 2.89. The number of halogens is 1. The van der Waals surface area contributed by atoms with Gasteiger partial charge in [0.2, 0.25) is 5.91 Å². The van der Waals surface area contributed by atoms with E-state index in [1.54, 1.807) is 25.2 Å². The first-order chi connectivity index (χ1) is 8.54. The highest BCUT2D eigenvalue weighted by molar-refractivity contribution is 5.76. The van der Waals surface area contributed by atoms with E-state index in [9.17, 15) is 9.18 Å². The maximum absolute atomic E-state index is 13.4. The molecule has 0 saturated heterocycles. The van der Waals surface area contributed by atoms with E-state index in [1.807, 2.05) is 6.92 Å². The number of carbonyl (C=O) groups excluding carboxylic acids is 1. The molecule has 0 bridgehead atoms. The van der Waals surface area contributed by atoms with Gasteiger partial charge in [-0.2, -0.15) is 0 Å². The fourth-order valence-corrected chi connectivity index (χ4v) is 1.82. The third kappa shape index (κ3) is 4.45. The molecule has 1 amide bonds. The summed E-state index contributed by atoms with van der Waals surface area (Å²) in [4.78, 5) is 13.4. The minimum absolute atomic E-state index is 0.0424. The molecule has 0 saturated carbocycles. The summed E-state index contributed by atoms with van der Waals surface area (Å²) in [5.41, 5.74) is 6.35. The van der Waals surface area contributed by atoms with Gasteiger partial charge in [0.15, 0.2) is 0 Å². The van der Waals surface area contributed by atoms with Gasteiger partial charge >= 0.3 is 0 Å². The lowest BCUT2D eigenvalue weighted by Gasteiger charge is -2.19. The lowest BCUT2D eigenvalue weighted by atomic mass is 10.1. The minimum Gasteiger partial charge on any atom is -0.341 e. The maximum Gasteiger partial charge on any atom is 0.224 e. The summed E-state index contributed by atoms with van der Waals surface area (Å²) >= 11 is 0. The van der Waals surface area contributed by atoms with Gasteiger partial charge in [-0.25, -0.2) is 4.39 Å². The molecule has 0 fully saturated rings. The zero-order valence-corrected chi connectivity index (χ0v) is 11.0. The molecule has 3 nitrogen and oxygen atoms in total. The Kier molecular flexibility index (Phi) is 5.78. The van der Waals surface area contributed by atoms with Crippen molar-refractivity contribution >= 4 is 5.91 Å². The number of hydrogen-bond acceptors (Lipinski definition) is 2. The van der Waals surface area contributed by atoms with E-state index in [0.29, 0.717) is 12.0 Å². The number of nitrogens with two attached hydrogens (primary N) is 1. The quantitative estimate of drug-likeness (QED) is 0.844. The average Bonchev–Trinajstić information content (AvgIpc) is 2.32. The van der Waals surface area contributed by atoms with Crippen molar-refractivity contribution in [1.29, 1.82) is 0 Å². The summed E-state index contributed by atoms with van der Waals surface area (Å²) in [5.74, 6) is -0.325. The zero-order valence-electron chi connectivity index (χ0n) is 11.0. The molecule has 0 heterocycles. The SMILES string of the molecule is CCCC(N)CC(=O)N(C)Cc1ccccc1F. The van der Waals surface area contributed by atoms with Crippen LogP contribution in [0.15, 0.2) is 24.3 Å². The van der Waals surface area contributed by atoms with Crippen LogP contribution in [0.5, 0.6) is 0 Å². The van der Waals surface area contributed by atoms with Crippen molar-refractivity contribution < 1.29 is 9.18 Å². The molecule has 4 heteroatoms. The van der Waals surface area contributed by atoms with Gasteiger partial charge in [-0.05, 0) is 12.5 Å². The molecule has 0 spiro atoms. The molecule has 0 aromatic heterocycles. The molecule has 1 unspecified atom stereocenters. The smallest absolute Gasteiger partial charge is 0.224 e. The molecule has 100 valence electrons. The monoisotopic (exact) mass is 252 g/mol. The molecule has 0 aliphatic heterocycles. The van der Waals surface area contributed by atoms with Gasteiger partial charge in [0.1, 0.15) is 5.82 Å². The second-order valence-corrected chi connectivity index (χ2v) is 4.59. The van der Waals surface area contributed by atoms with Gasteiger partial charge in [-0.3, -0.25) is 4.79 Å². The molecule has 0 radical (unpaired) electrons. The van der Waals surface area contributed by atoms with E-state index in [2.05, 4.69) is 0 Å². The van der Waals surface area contributed by atoms with Crippen LogP contribution in [-0.2, 0) is 11.3 Å². The van der Waals surface area contributed by atoms with Crippen LogP contribution < -0.4 is 5.73 Å². The number of amides is 1. The molecular weight excluding hydrogens is 231 g/mol. The van der Waals surface area contributed by atoms with Crippen molar-refractivity contribution in [3.63, 3.8) is 0 Å². The highest BCUT2D eigenvalue weighted by atomic mass is 19.1. The van der Waals surface area contributed by atoms with Crippen LogP contribution in [0.2, 0.25) is 0 Å². The molecular formula is C14H21FN2O. The number of benzene rings is 1. The van der Waals surface area contributed by atoms with Crippen molar-refractivity contribution in [1.82, 2.24) is 4.90 Å². The minimum atomic E-state index is -0.282. The lowest BCUT2D eigenvalue weighted by molar-refractivity contribution is -0.130. The molecule has 0 aliphatic rings. The second-order valence-electron chi connectivity index (χ2n) is 4.59. The Morgan fingerprint density at radius 1 is 1.44 bits per heavy atom. The van der Waals surface area contributed by atoms with E-state index < -0.39 is 0 Å². The van der Waals surface area contributed by atoms with Crippen LogP contribution in [0.1, 0.15) is 31.7 Å². The van der Waals surface area contributed by atoms with Crippen LogP contribution in [-0.4, -0.2) is 23.9 Å². The first-order valence-corrected chi connectivity index (χ1v) is 6.27. The van der Waals surface area contributed by atoms with Crippen molar-refractivity contribution in [3.05, 3.63) is 35.6 Å². The van der Waals surface area contributed by atoms with Gasteiger partial charge in [-0.15, -0.1) is 0 Å². The van der Waals surface area contributed by atoms with Crippen LogP contribution in [0, 0.1) is 5.82 Å². The van der Waals surface area contributed by atoms with Crippen molar-refractivity contribution in [3.8, 4) is 0 Å². The van der Waals surface area contributed by atoms with Gasteiger partial charge in [-0.1, -0.05) is 31.5 Å². The number of carbonyl (C=O) groups is 1. The maximum atomic E-state index is 13.4. The highest BCUT2D eigenvalue weighted by Gasteiger charge is 2.14. The van der Waals surface area contributed by atoms with E-state index in [0.717, 1.165) is 12.8 Å². The Hall–Kier alpha value is -1.42. The van der Waals surface area contributed by atoms with Crippen LogP contribution >= 0.6 is 0 Å². The number of hydrogen-bond donors (Lipinski definition) is 1. The number of nitrogens with zero attached hydrogens (tertiary/aromatic N) is 1. The predicted octanol–water partition coefficient (Wildman–Crippen LogP) is 2.30. The molecule has 0 aliphatic carbocycles. The van der Waals surface area contributed by atoms with E-state index in [4.69, 9.17) is 5.73 Å². The van der Waals surface area contributed by atoms with Crippen molar-refractivity contribution in [2.24, 2.45) is 5.73 Å². The van der Waals surface area contributed by atoms with Crippen LogP contribution in [0.3, 0.4) is 0 Å². The highest BCUT2D eigenvalue weighted by Crippen LogP contribution is 2.10.